The van der Waals surface area contributed by atoms with Gasteiger partial charge in [-0.25, -0.2) is 15.0 Å². The molecule has 13 nitrogen and oxygen atoms in total. The molecule has 0 bridgehead atoms. The molecule has 3 aliphatic rings. The normalized spacial score (nSPS) is 22.8. The summed E-state index contributed by atoms with van der Waals surface area (Å²) in [6, 6.07) is 6.24. The van der Waals surface area contributed by atoms with E-state index in [0.29, 0.717) is 40.1 Å². The van der Waals surface area contributed by atoms with Gasteiger partial charge in [0.25, 0.3) is 0 Å². The zero-order chi connectivity index (χ0) is 35.5. The maximum atomic E-state index is 14.5. The predicted molar refractivity (Wildman–Crippen MR) is 188 cm³/mol. The van der Waals surface area contributed by atoms with Crippen LogP contribution in [0.2, 0.25) is 0 Å². The zero-order valence-electron chi connectivity index (χ0n) is 28.7. The van der Waals surface area contributed by atoms with Crippen molar-refractivity contribution in [2.24, 2.45) is 5.41 Å². The fourth-order valence-corrected chi connectivity index (χ4v) is 8.22. The Kier molecular flexibility index (Phi) is 8.79. The van der Waals surface area contributed by atoms with Gasteiger partial charge in [-0.2, -0.15) is 5.10 Å². The maximum Gasteiger partial charge on any atom is 0.323 e. The van der Waals surface area contributed by atoms with Crippen LogP contribution in [0.15, 0.2) is 41.3 Å². The number of piperidine rings is 1. The number of hydrogen-bond acceptors (Lipinski definition) is 10. The molecule has 2 amide bonds. The molecule has 260 valence electrons. The Morgan fingerprint density at radius 3 is 2.50 bits per heavy atom. The minimum atomic E-state index is -0.760. The fourth-order valence-electron chi connectivity index (χ4n) is 7.91. The fraction of sp³-hybridized carbons (Fsp3) is 0.444. The molecule has 5 heterocycles. The minimum Gasteiger partial charge on any atom is -0.468 e. The number of ether oxygens (including phenoxy) is 1. The van der Waals surface area contributed by atoms with E-state index in [2.05, 4.69) is 46.2 Å². The van der Waals surface area contributed by atoms with Crippen LogP contribution >= 0.6 is 15.9 Å². The van der Waals surface area contributed by atoms with Crippen LogP contribution in [0.4, 0.5) is 5.82 Å². The highest BCUT2D eigenvalue weighted by molar-refractivity contribution is 9.10. The topological polar surface area (TPSA) is 153 Å². The Hall–Kier alpha value is -4.56. The van der Waals surface area contributed by atoms with E-state index in [1.165, 1.54) is 14.0 Å². The summed E-state index contributed by atoms with van der Waals surface area (Å²) in [6.07, 6.45) is 6.25. The quantitative estimate of drug-likeness (QED) is 0.148. The van der Waals surface area contributed by atoms with E-state index >= 15 is 0 Å². The van der Waals surface area contributed by atoms with Crippen molar-refractivity contribution in [2.75, 3.05) is 25.5 Å². The highest BCUT2D eigenvalue weighted by Gasteiger charge is 2.67. The van der Waals surface area contributed by atoms with Gasteiger partial charge < -0.3 is 15.0 Å². The van der Waals surface area contributed by atoms with Gasteiger partial charge in [0.1, 0.15) is 40.6 Å². The number of rotatable bonds is 9. The lowest BCUT2D eigenvalue weighted by molar-refractivity contribution is -0.146. The Morgan fingerprint density at radius 1 is 1.02 bits per heavy atom. The van der Waals surface area contributed by atoms with Gasteiger partial charge in [0.15, 0.2) is 5.78 Å². The number of anilines is 1. The number of halogens is 1. The number of carbonyl (C=O) groups excluding carboxylic acids is 4. The summed E-state index contributed by atoms with van der Waals surface area (Å²) in [7, 11) is 1.40. The lowest BCUT2D eigenvalue weighted by Crippen LogP contribution is -2.47. The molecule has 0 spiro atoms. The highest BCUT2D eigenvalue weighted by atomic mass is 79.9. The molecule has 1 aliphatic carbocycles. The number of esters is 1. The molecule has 0 radical (unpaired) electrons. The Morgan fingerprint density at radius 2 is 1.78 bits per heavy atom. The molecule has 3 aromatic heterocycles. The van der Waals surface area contributed by atoms with Gasteiger partial charge in [0.05, 0.1) is 12.6 Å². The number of pyridine rings is 1. The van der Waals surface area contributed by atoms with E-state index in [9.17, 15) is 19.2 Å². The summed E-state index contributed by atoms with van der Waals surface area (Å²) in [6.45, 7) is 8.25. The van der Waals surface area contributed by atoms with Crippen LogP contribution in [-0.2, 0) is 25.7 Å². The molecule has 1 N–H and O–H groups in total. The summed E-state index contributed by atoms with van der Waals surface area (Å²) in [4.78, 5) is 70.9. The molecule has 0 unspecified atom stereocenters. The number of likely N-dealkylation sites (tertiary alicyclic amines) is 2. The third-order valence-electron chi connectivity index (χ3n) is 10.4. The Balaban J connectivity index is 1.21. The van der Waals surface area contributed by atoms with E-state index in [4.69, 9.17) is 4.74 Å². The monoisotopic (exact) mass is 742 g/mol. The molecule has 2 aliphatic heterocycles. The van der Waals surface area contributed by atoms with Gasteiger partial charge in [-0.15, -0.1) is 0 Å². The van der Waals surface area contributed by atoms with Gasteiger partial charge in [-0.05, 0) is 104 Å². The minimum absolute atomic E-state index is 0.156. The number of methoxy groups -OCH3 is 1. The summed E-state index contributed by atoms with van der Waals surface area (Å²) >= 11 is 3.39. The van der Waals surface area contributed by atoms with Crippen molar-refractivity contribution >= 4 is 56.2 Å². The van der Waals surface area contributed by atoms with Gasteiger partial charge in [-0.3, -0.25) is 28.8 Å². The van der Waals surface area contributed by atoms with E-state index < -0.39 is 6.04 Å². The van der Waals surface area contributed by atoms with Crippen molar-refractivity contribution in [1.29, 1.82) is 0 Å². The lowest BCUT2D eigenvalue weighted by Gasteiger charge is -2.27. The summed E-state index contributed by atoms with van der Waals surface area (Å²) in [5.41, 5.74) is 3.87. The Labute approximate surface area is 297 Å². The van der Waals surface area contributed by atoms with Crippen LogP contribution in [0.25, 0.3) is 22.0 Å². The summed E-state index contributed by atoms with van der Waals surface area (Å²) < 4.78 is 7.26. The average Bonchev–Trinajstić information content (AvgIpc) is 3.37. The first-order valence-electron chi connectivity index (χ1n) is 16.8. The van der Waals surface area contributed by atoms with Crippen LogP contribution in [0, 0.1) is 26.2 Å². The molecular weight excluding hydrogens is 704 g/mol. The Bertz CT molecular complexity index is 2050. The van der Waals surface area contributed by atoms with Crippen molar-refractivity contribution in [3.05, 3.63) is 63.9 Å². The molecule has 3 fully saturated rings. The number of Topliss-reactive ketones (excluding diaryl/α,β-unsaturated/α-hetero) is 1. The van der Waals surface area contributed by atoms with Crippen LogP contribution in [0.5, 0.6) is 0 Å². The molecule has 1 aromatic carbocycles. The second kappa shape index (κ2) is 13.0. The van der Waals surface area contributed by atoms with Crippen LogP contribution in [0.3, 0.4) is 0 Å². The van der Waals surface area contributed by atoms with Crippen molar-refractivity contribution in [2.45, 2.75) is 78.0 Å². The highest BCUT2D eigenvalue weighted by Crippen LogP contribution is 2.60. The standard InChI is InChI=1S/C36H39BrN8O5/c1-19-8-9-29(37)40-33(19)41-34(48)27-13-36(18-43-10-6-7-26(43)35(49)50-5)14-28(36)45(27)30(47)17-44-32-20(2)11-23(24-15-38-22(4)39-16-24)12-25(32)31(42-44)21(3)46/h8-9,11-12,15-16,26-28H,6-7,10,13-14,17-18H2,1-5H3,(H,40,41,48)/t26-,27-,28+,36-/m0/s1. The lowest BCUT2D eigenvalue weighted by atomic mass is 9.97. The third kappa shape index (κ3) is 6.08. The number of fused-ring (bicyclic) bond motifs is 2. The summed E-state index contributed by atoms with van der Waals surface area (Å²) in [5, 5.41) is 8.27. The van der Waals surface area contributed by atoms with Crippen molar-refractivity contribution in [3.63, 3.8) is 0 Å². The van der Waals surface area contributed by atoms with Crippen molar-refractivity contribution in [1.82, 2.24) is 34.5 Å². The van der Waals surface area contributed by atoms with Crippen molar-refractivity contribution in [3.8, 4) is 11.1 Å². The molecule has 2 saturated heterocycles. The van der Waals surface area contributed by atoms with E-state index in [1.807, 2.05) is 39.0 Å². The van der Waals surface area contributed by atoms with Crippen LogP contribution in [0.1, 0.15) is 60.0 Å². The average molecular weight is 744 g/mol. The molecule has 1 saturated carbocycles. The first-order valence-corrected chi connectivity index (χ1v) is 17.6. The van der Waals surface area contributed by atoms with E-state index in [1.54, 1.807) is 28.0 Å². The number of aryl methyl sites for hydroxylation is 3. The number of ketones is 1. The first kappa shape index (κ1) is 33.9. The predicted octanol–water partition coefficient (Wildman–Crippen LogP) is 4.41. The first-order chi connectivity index (χ1) is 23.9. The second-order valence-electron chi connectivity index (χ2n) is 13.8. The number of nitrogens with zero attached hydrogens (tertiary/aromatic N) is 7. The second-order valence-corrected chi connectivity index (χ2v) is 14.6. The molecular formula is C36H39BrN8O5. The number of hydrogen-bond donors (Lipinski definition) is 1. The van der Waals surface area contributed by atoms with Gasteiger partial charge in [0, 0.05) is 48.3 Å². The summed E-state index contributed by atoms with van der Waals surface area (Å²) in [5.74, 6) is 0.0108. The SMILES string of the molecule is COC(=O)[C@@H]1CCCN1C[C@@]12C[C@@H](C(=O)Nc3nc(Br)ccc3C)N(C(=O)Cn3nc(C(C)=O)c4cc(-c5cnc(C)nc5)cc(C)c43)[C@@H]1C2. The molecule has 7 rings (SSSR count). The zero-order valence-corrected chi connectivity index (χ0v) is 30.3. The molecule has 14 heteroatoms. The van der Waals surface area contributed by atoms with Gasteiger partial charge in [-0.1, -0.05) is 6.07 Å². The molecule has 4 atom stereocenters. The third-order valence-corrected chi connectivity index (χ3v) is 10.9. The van der Waals surface area contributed by atoms with Crippen molar-refractivity contribution < 1.29 is 23.9 Å². The van der Waals surface area contributed by atoms with Gasteiger partial charge in [0.2, 0.25) is 11.8 Å². The molecule has 50 heavy (non-hydrogen) atoms. The number of amides is 2. The number of benzene rings is 1. The molecule has 4 aromatic rings. The number of aromatic nitrogens is 5. The smallest absolute Gasteiger partial charge is 0.323 e. The number of nitrogens with one attached hydrogen (secondary N) is 1. The van der Waals surface area contributed by atoms with Crippen LogP contribution < -0.4 is 5.32 Å². The van der Waals surface area contributed by atoms with E-state index in [-0.39, 0.29) is 53.3 Å². The number of carbonyl (C=O) groups is 4. The van der Waals surface area contributed by atoms with Crippen LogP contribution in [-0.4, -0.2) is 96.4 Å². The maximum absolute atomic E-state index is 14.5. The largest absolute Gasteiger partial charge is 0.468 e. The van der Waals surface area contributed by atoms with E-state index in [0.717, 1.165) is 48.1 Å². The van der Waals surface area contributed by atoms with Gasteiger partial charge >= 0.3 is 5.97 Å².